The number of aryl methyl sites for hydroxylation is 1. The lowest BCUT2D eigenvalue weighted by molar-refractivity contribution is 0.410. The molecular formula is C13H19NO. The zero-order valence-electron chi connectivity index (χ0n) is 9.76. The topological polar surface area (TPSA) is 21.3 Å². The van der Waals surface area contributed by atoms with Gasteiger partial charge in [-0.15, -0.1) is 0 Å². The summed E-state index contributed by atoms with van der Waals surface area (Å²) in [5.41, 5.74) is 3.48. The van der Waals surface area contributed by atoms with Crippen molar-refractivity contribution in [2.45, 2.75) is 20.3 Å². The predicted molar refractivity (Wildman–Crippen MR) is 65.7 cm³/mol. The molecule has 15 heavy (non-hydrogen) atoms. The van der Waals surface area contributed by atoms with Crippen LogP contribution in [0.1, 0.15) is 19.4 Å². The molecule has 1 aromatic rings. The Kier molecular flexibility index (Phi) is 4.22. The average molecular weight is 205 g/mol. The Bertz CT molecular complexity index is 344. The molecule has 0 unspecified atom stereocenters. The highest BCUT2D eigenvalue weighted by atomic mass is 16.5. The van der Waals surface area contributed by atoms with Gasteiger partial charge in [0.15, 0.2) is 0 Å². The van der Waals surface area contributed by atoms with Crippen molar-refractivity contribution in [1.82, 2.24) is 0 Å². The minimum Gasteiger partial charge on any atom is -0.496 e. The molecule has 0 spiro atoms. The molecule has 82 valence electrons. The number of hydrogen-bond acceptors (Lipinski definition) is 2. The van der Waals surface area contributed by atoms with E-state index >= 15 is 0 Å². The van der Waals surface area contributed by atoms with Gasteiger partial charge in [0.2, 0.25) is 0 Å². The number of rotatable bonds is 5. The number of anilines is 1. The third-order valence-electron chi connectivity index (χ3n) is 2.26. The maximum atomic E-state index is 5.27. The lowest BCUT2D eigenvalue weighted by Crippen LogP contribution is -2.02. The van der Waals surface area contributed by atoms with E-state index in [9.17, 15) is 0 Å². The summed E-state index contributed by atoms with van der Waals surface area (Å²) in [7, 11) is 1.70. The Morgan fingerprint density at radius 3 is 2.73 bits per heavy atom. The summed E-state index contributed by atoms with van der Waals surface area (Å²) in [6.45, 7) is 8.81. The molecule has 1 N–H and O–H groups in total. The minimum absolute atomic E-state index is 0.815. The van der Waals surface area contributed by atoms with E-state index < -0.39 is 0 Å². The van der Waals surface area contributed by atoms with Gasteiger partial charge in [0, 0.05) is 12.2 Å². The van der Waals surface area contributed by atoms with Gasteiger partial charge in [-0.3, -0.25) is 0 Å². The molecule has 0 fully saturated rings. The minimum atomic E-state index is 0.815. The van der Waals surface area contributed by atoms with Crippen LogP contribution in [-0.2, 0) is 6.42 Å². The lowest BCUT2D eigenvalue weighted by atomic mass is 10.1. The first-order valence-corrected chi connectivity index (χ1v) is 5.22. The number of nitrogens with one attached hydrogen (secondary N) is 1. The molecular weight excluding hydrogens is 186 g/mol. The van der Waals surface area contributed by atoms with Crippen LogP contribution in [0.15, 0.2) is 30.4 Å². The molecule has 0 amide bonds. The Balaban J connectivity index is 2.78. The van der Waals surface area contributed by atoms with Crippen LogP contribution in [0.2, 0.25) is 0 Å². The van der Waals surface area contributed by atoms with Gasteiger partial charge in [-0.1, -0.05) is 19.1 Å². The molecule has 0 atom stereocenters. The smallest absolute Gasteiger partial charge is 0.122 e. The van der Waals surface area contributed by atoms with Crippen LogP contribution >= 0.6 is 0 Å². The molecule has 0 aliphatic rings. The Morgan fingerprint density at radius 1 is 1.47 bits per heavy atom. The van der Waals surface area contributed by atoms with E-state index in [0.29, 0.717) is 0 Å². The molecule has 0 heterocycles. The van der Waals surface area contributed by atoms with E-state index in [0.717, 1.165) is 30.0 Å². The van der Waals surface area contributed by atoms with E-state index in [4.69, 9.17) is 4.74 Å². The zero-order valence-corrected chi connectivity index (χ0v) is 9.76. The maximum absolute atomic E-state index is 5.27. The van der Waals surface area contributed by atoms with Crippen molar-refractivity contribution < 1.29 is 4.74 Å². The monoisotopic (exact) mass is 205 g/mol. The second kappa shape index (κ2) is 5.44. The summed E-state index contributed by atoms with van der Waals surface area (Å²) < 4.78 is 5.27. The van der Waals surface area contributed by atoms with E-state index in [1.807, 2.05) is 19.1 Å². The lowest BCUT2D eigenvalue weighted by Gasteiger charge is -2.11. The standard InChI is InChI=1S/C13H19NO/c1-5-11-8-12(14-9-10(2)3)6-7-13(11)15-4/h6-8,14H,2,5,9H2,1,3-4H3. The van der Waals surface area contributed by atoms with Crippen molar-refractivity contribution >= 4 is 5.69 Å². The van der Waals surface area contributed by atoms with Crippen LogP contribution in [0.3, 0.4) is 0 Å². The summed E-state index contributed by atoms with van der Waals surface area (Å²) in [4.78, 5) is 0. The van der Waals surface area contributed by atoms with Crippen molar-refractivity contribution in [1.29, 1.82) is 0 Å². The highest BCUT2D eigenvalue weighted by molar-refractivity contribution is 5.51. The van der Waals surface area contributed by atoms with E-state index in [1.165, 1.54) is 5.56 Å². The van der Waals surface area contributed by atoms with Crippen molar-refractivity contribution in [3.63, 3.8) is 0 Å². The van der Waals surface area contributed by atoms with E-state index in [1.54, 1.807) is 7.11 Å². The quantitative estimate of drug-likeness (QED) is 0.745. The molecule has 0 aliphatic heterocycles. The molecule has 0 saturated heterocycles. The first kappa shape index (κ1) is 11.6. The summed E-state index contributed by atoms with van der Waals surface area (Å²) >= 11 is 0. The maximum Gasteiger partial charge on any atom is 0.122 e. The van der Waals surface area contributed by atoms with E-state index in [2.05, 4.69) is 24.9 Å². The largest absolute Gasteiger partial charge is 0.496 e. The molecule has 0 radical (unpaired) electrons. The van der Waals surface area contributed by atoms with Crippen molar-refractivity contribution in [3.05, 3.63) is 35.9 Å². The van der Waals surface area contributed by atoms with Crippen LogP contribution in [-0.4, -0.2) is 13.7 Å². The first-order chi connectivity index (χ1) is 7.17. The third-order valence-corrected chi connectivity index (χ3v) is 2.26. The van der Waals surface area contributed by atoms with Crippen molar-refractivity contribution in [2.24, 2.45) is 0 Å². The van der Waals surface area contributed by atoms with Crippen molar-refractivity contribution in [2.75, 3.05) is 19.0 Å². The van der Waals surface area contributed by atoms with Gasteiger partial charge < -0.3 is 10.1 Å². The summed E-state index contributed by atoms with van der Waals surface area (Å²) in [5, 5.41) is 3.32. The van der Waals surface area contributed by atoms with Gasteiger partial charge in [-0.25, -0.2) is 0 Å². The highest BCUT2D eigenvalue weighted by Gasteiger charge is 2.01. The van der Waals surface area contributed by atoms with Gasteiger partial charge in [0.05, 0.1) is 7.11 Å². The van der Waals surface area contributed by atoms with Crippen LogP contribution < -0.4 is 10.1 Å². The molecule has 2 heteroatoms. The van der Waals surface area contributed by atoms with Gasteiger partial charge in [0.25, 0.3) is 0 Å². The van der Waals surface area contributed by atoms with Crippen LogP contribution in [0.25, 0.3) is 0 Å². The highest BCUT2D eigenvalue weighted by Crippen LogP contribution is 2.22. The van der Waals surface area contributed by atoms with Crippen LogP contribution in [0.5, 0.6) is 5.75 Å². The SMILES string of the molecule is C=C(C)CNc1ccc(OC)c(CC)c1. The van der Waals surface area contributed by atoms with Gasteiger partial charge >= 0.3 is 0 Å². The fourth-order valence-corrected chi connectivity index (χ4v) is 1.42. The summed E-state index contributed by atoms with van der Waals surface area (Å²) in [6.07, 6.45) is 0.978. The molecule has 0 aliphatic carbocycles. The molecule has 0 saturated carbocycles. The third kappa shape index (κ3) is 3.31. The molecule has 0 bridgehead atoms. The average Bonchev–Trinajstić information content (AvgIpc) is 2.25. The second-order valence-corrected chi connectivity index (χ2v) is 3.69. The summed E-state index contributed by atoms with van der Waals surface area (Å²) in [5.74, 6) is 0.957. The number of hydrogen-bond donors (Lipinski definition) is 1. The van der Waals surface area contributed by atoms with Crippen LogP contribution in [0.4, 0.5) is 5.69 Å². The second-order valence-electron chi connectivity index (χ2n) is 3.69. The van der Waals surface area contributed by atoms with Crippen LogP contribution in [0, 0.1) is 0 Å². The molecule has 0 aromatic heterocycles. The Morgan fingerprint density at radius 2 is 2.20 bits per heavy atom. The van der Waals surface area contributed by atoms with Gasteiger partial charge in [0.1, 0.15) is 5.75 Å². The fraction of sp³-hybridized carbons (Fsp3) is 0.385. The molecule has 1 aromatic carbocycles. The van der Waals surface area contributed by atoms with E-state index in [-0.39, 0.29) is 0 Å². The zero-order chi connectivity index (χ0) is 11.3. The Labute approximate surface area is 92.0 Å². The fourth-order valence-electron chi connectivity index (χ4n) is 1.42. The normalized spacial score (nSPS) is 9.80. The Hall–Kier alpha value is -1.44. The predicted octanol–water partition coefficient (Wildman–Crippen LogP) is 3.25. The summed E-state index contributed by atoms with van der Waals surface area (Å²) in [6, 6.07) is 6.16. The van der Waals surface area contributed by atoms with Gasteiger partial charge in [-0.05, 0) is 37.1 Å². The molecule has 2 nitrogen and oxygen atoms in total. The first-order valence-electron chi connectivity index (χ1n) is 5.22. The van der Waals surface area contributed by atoms with Crippen molar-refractivity contribution in [3.8, 4) is 5.75 Å². The number of ether oxygens (including phenoxy) is 1. The number of benzene rings is 1. The number of methoxy groups -OCH3 is 1. The van der Waals surface area contributed by atoms with Gasteiger partial charge in [-0.2, -0.15) is 0 Å². The molecule has 1 rings (SSSR count).